The van der Waals surface area contributed by atoms with Gasteiger partial charge in [-0.05, 0) is 60.1 Å². The Morgan fingerprint density at radius 2 is 1.62 bits per heavy atom. The highest BCUT2D eigenvalue weighted by atomic mass is 16.2. The van der Waals surface area contributed by atoms with E-state index in [0.717, 1.165) is 47.6 Å². The van der Waals surface area contributed by atoms with E-state index in [0.29, 0.717) is 19.3 Å². The minimum Gasteiger partial charge on any atom is -0.343 e. The Kier molecular flexibility index (Phi) is 8.27. The van der Waals surface area contributed by atoms with Crippen LogP contribution in [0.15, 0.2) is 72.8 Å². The summed E-state index contributed by atoms with van der Waals surface area (Å²) < 4.78 is 0. The minimum atomic E-state index is -0.656. The van der Waals surface area contributed by atoms with Crippen LogP contribution < -0.4 is 16.4 Å². The van der Waals surface area contributed by atoms with Gasteiger partial charge in [0.2, 0.25) is 17.7 Å². The zero-order valence-corrected chi connectivity index (χ0v) is 22.5. The van der Waals surface area contributed by atoms with Crippen LogP contribution in [0.1, 0.15) is 69.0 Å². The standard InChI is InChI=1S/C32H38N4O3/c1-2-26(33)30(37)34-27-15-9-8-14-25-18-19-28(36(25)32(27)39)31(38)35-29(22-11-4-3-5-12-22)24-17-16-21-10-6-7-13-23(21)20-24/h3-7,10-13,16-17,20,25-29H,2,8-9,14-15,18-19,33H2,1H3,(H,34,37)(H,35,38)/t25-,26-,27-,28-,29+/m0/s1. The van der Waals surface area contributed by atoms with Gasteiger partial charge in [0.1, 0.15) is 12.1 Å². The zero-order chi connectivity index (χ0) is 27.4. The van der Waals surface area contributed by atoms with Gasteiger partial charge in [-0.15, -0.1) is 0 Å². The van der Waals surface area contributed by atoms with E-state index in [1.165, 1.54) is 0 Å². The maximum atomic E-state index is 13.9. The largest absolute Gasteiger partial charge is 0.343 e. The molecule has 204 valence electrons. The Morgan fingerprint density at radius 3 is 2.38 bits per heavy atom. The Balaban J connectivity index is 1.41. The van der Waals surface area contributed by atoms with E-state index < -0.39 is 18.1 Å². The molecule has 39 heavy (non-hydrogen) atoms. The van der Waals surface area contributed by atoms with Crippen molar-refractivity contribution in [2.24, 2.45) is 5.73 Å². The molecule has 5 atom stereocenters. The van der Waals surface area contributed by atoms with Crippen molar-refractivity contribution in [2.45, 2.75) is 82.1 Å². The lowest BCUT2D eigenvalue weighted by molar-refractivity contribution is -0.144. The summed E-state index contributed by atoms with van der Waals surface area (Å²) in [5.41, 5.74) is 7.90. The lowest BCUT2D eigenvalue weighted by Gasteiger charge is -2.36. The van der Waals surface area contributed by atoms with Gasteiger partial charge in [0.15, 0.2) is 0 Å². The summed E-state index contributed by atoms with van der Waals surface area (Å²) in [6.45, 7) is 1.85. The molecular formula is C32H38N4O3. The molecule has 0 aromatic heterocycles. The monoisotopic (exact) mass is 526 g/mol. The summed E-state index contributed by atoms with van der Waals surface area (Å²) >= 11 is 0. The van der Waals surface area contributed by atoms with Crippen molar-refractivity contribution in [1.29, 1.82) is 0 Å². The summed E-state index contributed by atoms with van der Waals surface area (Å²) in [6.07, 6.45) is 5.14. The molecule has 0 bridgehead atoms. The van der Waals surface area contributed by atoms with Crippen LogP contribution >= 0.6 is 0 Å². The van der Waals surface area contributed by atoms with E-state index in [4.69, 9.17) is 5.73 Å². The molecule has 2 fully saturated rings. The first-order valence-corrected chi connectivity index (χ1v) is 14.2. The smallest absolute Gasteiger partial charge is 0.246 e. The van der Waals surface area contributed by atoms with Gasteiger partial charge in [-0.25, -0.2) is 0 Å². The van der Waals surface area contributed by atoms with Gasteiger partial charge in [-0.1, -0.05) is 86.5 Å². The highest BCUT2D eigenvalue weighted by Crippen LogP contribution is 2.33. The van der Waals surface area contributed by atoms with Crippen LogP contribution in [0.25, 0.3) is 10.8 Å². The van der Waals surface area contributed by atoms with E-state index >= 15 is 0 Å². The van der Waals surface area contributed by atoms with E-state index in [9.17, 15) is 14.4 Å². The molecular weight excluding hydrogens is 488 g/mol. The molecule has 2 aliphatic heterocycles. The van der Waals surface area contributed by atoms with Gasteiger partial charge in [-0.2, -0.15) is 0 Å². The Hall–Kier alpha value is -3.71. The van der Waals surface area contributed by atoms with E-state index in [1.807, 2.05) is 49.4 Å². The van der Waals surface area contributed by atoms with Crippen molar-refractivity contribution in [3.8, 4) is 0 Å². The second kappa shape index (κ2) is 12.0. The third-order valence-electron chi connectivity index (χ3n) is 8.26. The van der Waals surface area contributed by atoms with Gasteiger partial charge < -0.3 is 21.3 Å². The molecule has 2 heterocycles. The number of nitrogens with two attached hydrogens (primary N) is 1. The first-order valence-electron chi connectivity index (χ1n) is 14.2. The summed E-state index contributed by atoms with van der Waals surface area (Å²) in [5, 5.41) is 8.42. The number of hydrogen-bond donors (Lipinski definition) is 3. The summed E-state index contributed by atoms with van der Waals surface area (Å²) in [6, 6.07) is 22.1. The first-order chi connectivity index (χ1) is 19.0. The quantitative estimate of drug-likeness (QED) is 0.429. The Morgan fingerprint density at radius 1 is 0.897 bits per heavy atom. The number of nitrogens with one attached hydrogen (secondary N) is 2. The Bertz CT molecular complexity index is 1330. The summed E-state index contributed by atoms with van der Waals surface area (Å²) in [7, 11) is 0. The predicted octanol–water partition coefficient (Wildman–Crippen LogP) is 4.20. The maximum absolute atomic E-state index is 13.9. The van der Waals surface area contributed by atoms with Crippen LogP contribution in [-0.4, -0.2) is 46.8 Å². The van der Waals surface area contributed by atoms with Gasteiger partial charge in [0.25, 0.3) is 0 Å². The molecule has 0 radical (unpaired) electrons. The number of hydrogen-bond acceptors (Lipinski definition) is 4. The predicted molar refractivity (Wildman–Crippen MR) is 153 cm³/mol. The van der Waals surface area contributed by atoms with Gasteiger partial charge >= 0.3 is 0 Å². The third kappa shape index (κ3) is 5.83. The molecule has 0 aliphatic carbocycles. The van der Waals surface area contributed by atoms with Crippen molar-refractivity contribution in [3.63, 3.8) is 0 Å². The van der Waals surface area contributed by atoms with Crippen LogP contribution in [0.5, 0.6) is 0 Å². The van der Waals surface area contributed by atoms with Crippen molar-refractivity contribution < 1.29 is 14.4 Å². The second-order valence-corrected chi connectivity index (χ2v) is 10.8. The average Bonchev–Trinajstić information content (AvgIpc) is 3.39. The molecule has 3 amide bonds. The fraction of sp³-hybridized carbons (Fsp3) is 0.406. The summed E-state index contributed by atoms with van der Waals surface area (Å²) in [4.78, 5) is 42.1. The molecule has 0 spiro atoms. The maximum Gasteiger partial charge on any atom is 0.246 e. The number of rotatable bonds is 7. The number of nitrogens with zero attached hydrogens (tertiary/aromatic N) is 1. The van der Waals surface area contributed by atoms with Crippen molar-refractivity contribution in [3.05, 3.63) is 83.9 Å². The molecule has 0 saturated carbocycles. The Labute approximate surface area is 230 Å². The molecule has 2 aliphatic rings. The first kappa shape index (κ1) is 26.9. The van der Waals surface area contributed by atoms with Crippen LogP contribution in [0.3, 0.4) is 0 Å². The molecule has 7 heteroatoms. The number of carbonyl (C=O) groups is 3. The topological polar surface area (TPSA) is 105 Å². The lowest BCUT2D eigenvalue weighted by Crippen LogP contribution is -2.58. The molecule has 5 rings (SSSR count). The number of fused-ring (bicyclic) bond motifs is 2. The van der Waals surface area contributed by atoms with Crippen LogP contribution in [0.2, 0.25) is 0 Å². The van der Waals surface area contributed by atoms with Crippen LogP contribution in [0, 0.1) is 0 Å². The fourth-order valence-corrected chi connectivity index (χ4v) is 6.02. The molecule has 3 aromatic rings. The number of carbonyl (C=O) groups excluding carboxylic acids is 3. The van der Waals surface area contributed by atoms with Crippen LogP contribution in [-0.2, 0) is 14.4 Å². The number of amides is 3. The normalized spacial score (nSPS) is 22.9. The molecule has 7 nitrogen and oxygen atoms in total. The minimum absolute atomic E-state index is 0.00337. The van der Waals surface area contributed by atoms with E-state index in [-0.39, 0.29) is 29.8 Å². The molecule has 2 saturated heterocycles. The fourth-order valence-electron chi connectivity index (χ4n) is 6.02. The van der Waals surface area contributed by atoms with Gasteiger partial charge in [-0.3, -0.25) is 14.4 Å². The molecule has 4 N–H and O–H groups in total. The summed E-state index contributed by atoms with van der Waals surface area (Å²) in [5.74, 6) is -0.645. The molecule has 0 unspecified atom stereocenters. The van der Waals surface area contributed by atoms with E-state index in [1.54, 1.807) is 4.90 Å². The lowest BCUT2D eigenvalue weighted by atomic mass is 9.95. The van der Waals surface area contributed by atoms with Gasteiger partial charge in [0, 0.05) is 6.04 Å². The van der Waals surface area contributed by atoms with Crippen molar-refractivity contribution in [1.82, 2.24) is 15.5 Å². The third-order valence-corrected chi connectivity index (χ3v) is 8.26. The average molecular weight is 527 g/mol. The van der Waals surface area contributed by atoms with Crippen molar-refractivity contribution >= 4 is 28.5 Å². The number of benzene rings is 3. The molecule has 3 aromatic carbocycles. The van der Waals surface area contributed by atoms with E-state index in [2.05, 4.69) is 41.0 Å². The SMILES string of the molecule is CC[C@H](N)C(=O)N[C@H]1CCCC[C@H]2CC[C@@H](C(=O)N[C@H](c3ccccc3)c3ccc4ccccc4c3)N2C1=O. The second-order valence-electron chi connectivity index (χ2n) is 10.8. The van der Waals surface area contributed by atoms with Crippen LogP contribution in [0.4, 0.5) is 0 Å². The zero-order valence-electron chi connectivity index (χ0n) is 22.5. The highest BCUT2D eigenvalue weighted by Gasteiger charge is 2.44. The van der Waals surface area contributed by atoms with Gasteiger partial charge in [0.05, 0.1) is 12.1 Å². The van der Waals surface area contributed by atoms with Crippen molar-refractivity contribution in [2.75, 3.05) is 0 Å². The highest BCUT2D eigenvalue weighted by molar-refractivity contribution is 5.94.